The quantitative estimate of drug-likeness (QED) is 0.511. The molecule has 6 heteroatoms. The first-order valence-electron chi connectivity index (χ1n) is 4.68. The maximum Gasteiger partial charge on any atom is 0.492 e. The van der Waals surface area contributed by atoms with Crippen LogP contribution < -0.4 is 10.2 Å². The van der Waals surface area contributed by atoms with E-state index in [0.29, 0.717) is 11.3 Å². The molecule has 0 bridgehead atoms. The van der Waals surface area contributed by atoms with Crippen LogP contribution in [0.5, 0.6) is 5.75 Å². The molecule has 0 aliphatic rings. The zero-order chi connectivity index (χ0) is 12.1. The summed E-state index contributed by atoms with van der Waals surface area (Å²) in [5.74, 6) is -0.0211. The van der Waals surface area contributed by atoms with Crippen molar-refractivity contribution in [3.8, 4) is 5.75 Å². The molecule has 0 unspecified atom stereocenters. The number of methoxy groups -OCH3 is 2. The van der Waals surface area contributed by atoms with E-state index in [4.69, 9.17) is 14.8 Å². The molecule has 5 nitrogen and oxygen atoms in total. The van der Waals surface area contributed by atoms with Gasteiger partial charge in [0.2, 0.25) is 0 Å². The second-order valence-electron chi connectivity index (χ2n) is 3.20. The first-order chi connectivity index (χ1) is 7.58. The Bertz CT molecular complexity index is 377. The van der Waals surface area contributed by atoms with Crippen molar-refractivity contribution in [3.63, 3.8) is 0 Å². The Hall–Kier alpha value is -1.53. The van der Waals surface area contributed by atoms with E-state index in [1.807, 2.05) is 0 Å². The minimum Gasteiger partial charge on any atom is -0.497 e. The van der Waals surface area contributed by atoms with Crippen molar-refractivity contribution in [2.75, 3.05) is 14.2 Å². The molecule has 0 atom stereocenters. The second-order valence-corrected chi connectivity index (χ2v) is 3.20. The number of ether oxygens (including phenoxy) is 2. The largest absolute Gasteiger partial charge is 0.497 e. The van der Waals surface area contributed by atoms with E-state index in [-0.39, 0.29) is 17.9 Å². The van der Waals surface area contributed by atoms with Gasteiger partial charge in [-0.3, -0.25) is 4.79 Å². The van der Waals surface area contributed by atoms with Gasteiger partial charge >= 0.3 is 13.1 Å². The van der Waals surface area contributed by atoms with Crippen molar-refractivity contribution in [1.29, 1.82) is 0 Å². The van der Waals surface area contributed by atoms with Gasteiger partial charge in [-0.2, -0.15) is 0 Å². The molecule has 1 rings (SSSR count). The minimum absolute atomic E-state index is 0.0835. The Morgan fingerprint density at radius 1 is 1.38 bits per heavy atom. The van der Waals surface area contributed by atoms with Gasteiger partial charge in [0.25, 0.3) is 0 Å². The van der Waals surface area contributed by atoms with Gasteiger partial charge in [0.05, 0.1) is 20.6 Å². The number of carbonyl (C=O) groups excluding carboxylic acids is 1. The Balaban J connectivity index is 2.97. The van der Waals surface area contributed by atoms with Gasteiger partial charge < -0.3 is 19.5 Å². The van der Waals surface area contributed by atoms with E-state index < -0.39 is 7.12 Å². The molecule has 0 heterocycles. The topological polar surface area (TPSA) is 76.0 Å². The Kier molecular flexibility index (Phi) is 4.33. The van der Waals surface area contributed by atoms with Crippen LogP contribution in [-0.4, -0.2) is 37.4 Å². The summed E-state index contributed by atoms with van der Waals surface area (Å²) in [5, 5.41) is 18.2. The van der Waals surface area contributed by atoms with Crippen LogP contribution in [0.25, 0.3) is 0 Å². The second kappa shape index (κ2) is 5.53. The first-order valence-corrected chi connectivity index (χ1v) is 4.68. The highest BCUT2D eigenvalue weighted by Gasteiger charge is 2.18. The maximum atomic E-state index is 11.0. The zero-order valence-corrected chi connectivity index (χ0v) is 9.14. The van der Waals surface area contributed by atoms with Gasteiger partial charge in [0, 0.05) is 5.46 Å². The first kappa shape index (κ1) is 12.5. The summed E-state index contributed by atoms with van der Waals surface area (Å²) < 4.78 is 9.47. The molecule has 0 aliphatic carbocycles. The fourth-order valence-corrected chi connectivity index (χ4v) is 1.33. The molecule has 0 saturated heterocycles. The van der Waals surface area contributed by atoms with E-state index in [1.165, 1.54) is 20.3 Å². The molecule has 1 aromatic carbocycles. The molecular weight excluding hydrogens is 211 g/mol. The van der Waals surface area contributed by atoms with E-state index >= 15 is 0 Å². The van der Waals surface area contributed by atoms with Crippen molar-refractivity contribution in [3.05, 3.63) is 23.8 Å². The van der Waals surface area contributed by atoms with Crippen LogP contribution in [0, 0.1) is 0 Å². The molecule has 0 saturated carbocycles. The third-order valence-corrected chi connectivity index (χ3v) is 2.15. The van der Waals surface area contributed by atoms with Crippen molar-refractivity contribution in [1.82, 2.24) is 0 Å². The van der Waals surface area contributed by atoms with E-state index in [9.17, 15) is 4.79 Å². The number of benzene rings is 1. The highest BCUT2D eigenvalue weighted by atomic mass is 16.5. The van der Waals surface area contributed by atoms with E-state index in [1.54, 1.807) is 12.1 Å². The molecule has 86 valence electrons. The average Bonchev–Trinajstić information content (AvgIpc) is 2.28. The SMILES string of the molecule is COC(=O)Cc1ccc(OC)c(B(O)O)c1. The molecule has 0 aliphatic heterocycles. The van der Waals surface area contributed by atoms with Crippen molar-refractivity contribution < 1.29 is 24.3 Å². The minimum atomic E-state index is -1.63. The number of rotatable bonds is 4. The van der Waals surface area contributed by atoms with Crippen molar-refractivity contribution in [2.45, 2.75) is 6.42 Å². The van der Waals surface area contributed by atoms with Crippen LogP contribution in [0.1, 0.15) is 5.56 Å². The number of hydrogen-bond acceptors (Lipinski definition) is 5. The summed E-state index contributed by atoms with van der Waals surface area (Å²) in [7, 11) is 1.10. The molecular formula is C10H13BO5. The van der Waals surface area contributed by atoms with Crippen LogP contribution in [0.4, 0.5) is 0 Å². The van der Waals surface area contributed by atoms with Crippen LogP contribution >= 0.6 is 0 Å². The molecule has 0 aromatic heterocycles. The Labute approximate surface area is 93.8 Å². The lowest BCUT2D eigenvalue weighted by molar-refractivity contribution is -0.139. The lowest BCUT2D eigenvalue weighted by Gasteiger charge is -2.09. The fourth-order valence-electron chi connectivity index (χ4n) is 1.33. The van der Waals surface area contributed by atoms with Gasteiger partial charge in [-0.05, 0) is 11.6 Å². The Morgan fingerprint density at radius 2 is 2.06 bits per heavy atom. The van der Waals surface area contributed by atoms with Crippen LogP contribution in [0.15, 0.2) is 18.2 Å². The monoisotopic (exact) mass is 224 g/mol. The molecule has 1 aromatic rings. The molecule has 0 amide bonds. The number of hydrogen-bond donors (Lipinski definition) is 2. The lowest BCUT2D eigenvalue weighted by Crippen LogP contribution is -2.31. The van der Waals surface area contributed by atoms with Crippen LogP contribution in [0.3, 0.4) is 0 Å². The Morgan fingerprint density at radius 3 is 2.56 bits per heavy atom. The predicted octanol–water partition coefficient (Wildman–Crippen LogP) is -0.909. The lowest BCUT2D eigenvalue weighted by atomic mass is 9.78. The summed E-state index contributed by atoms with van der Waals surface area (Å²) in [6, 6.07) is 4.75. The van der Waals surface area contributed by atoms with Gasteiger partial charge in [-0.1, -0.05) is 12.1 Å². The average molecular weight is 224 g/mol. The van der Waals surface area contributed by atoms with E-state index in [2.05, 4.69) is 4.74 Å². The summed E-state index contributed by atoms with van der Waals surface area (Å²) in [6.45, 7) is 0. The zero-order valence-electron chi connectivity index (χ0n) is 9.14. The molecule has 0 radical (unpaired) electrons. The molecule has 0 spiro atoms. The third-order valence-electron chi connectivity index (χ3n) is 2.15. The number of esters is 1. The van der Waals surface area contributed by atoms with Crippen LogP contribution in [-0.2, 0) is 16.0 Å². The predicted molar refractivity (Wildman–Crippen MR) is 58.5 cm³/mol. The normalized spacial score (nSPS) is 9.75. The smallest absolute Gasteiger partial charge is 0.492 e. The van der Waals surface area contributed by atoms with Gasteiger partial charge in [-0.25, -0.2) is 0 Å². The maximum absolute atomic E-state index is 11.0. The fraction of sp³-hybridized carbons (Fsp3) is 0.300. The number of carbonyl (C=O) groups is 1. The van der Waals surface area contributed by atoms with E-state index in [0.717, 1.165) is 0 Å². The summed E-state index contributed by atoms with van der Waals surface area (Å²) in [5.41, 5.74) is 0.861. The highest BCUT2D eigenvalue weighted by Crippen LogP contribution is 2.10. The van der Waals surface area contributed by atoms with Gasteiger partial charge in [0.1, 0.15) is 5.75 Å². The summed E-state index contributed by atoms with van der Waals surface area (Å²) >= 11 is 0. The summed E-state index contributed by atoms with van der Waals surface area (Å²) in [4.78, 5) is 11.0. The molecule has 16 heavy (non-hydrogen) atoms. The standard InChI is InChI=1S/C10H13BO5/c1-15-9-4-3-7(6-10(12)16-2)5-8(9)11(13)14/h3-5,13-14H,6H2,1-2H3. The summed E-state index contributed by atoms with van der Waals surface area (Å²) in [6.07, 6.45) is 0.0835. The van der Waals surface area contributed by atoms with Crippen LogP contribution in [0.2, 0.25) is 0 Å². The molecule has 0 fully saturated rings. The van der Waals surface area contributed by atoms with Crippen molar-refractivity contribution >= 4 is 18.6 Å². The molecule has 2 N–H and O–H groups in total. The van der Waals surface area contributed by atoms with Gasteiger partial charge in [0.15, 0.2) is 0 Å². The highest BCUT2D eigenvalue weighted by molar-refractivity contribution is 6.59. The van der Waals surface area contributed by atoms with Crippen molar-refractivity contribution in [2.24, 2.45) is 0 Å². The third kappa shape index (κ3) is 2.98. The van der Waals surface area contributed by atoms with Gasteiger partial charge in [-0.15, -0.1) is 0 Å².